The SMILES string of the molecule is Cc1cc(C)cc(C[C@@H](C)NS(=O)(=O)N(C)C2CCOCC2)c1. The fourth-order valence-corrected chi connectivity index (χ4v) is 4.53. The van der Waals surface area contributed by atoms with E-state index < -0.39 is 10.2 Å². The van der Waals surface area contributed by atoms with Crippen LogP contribution in [-0.4, -0.2) is 45.1 Å². The van der Waals surface area contributed by atoms with Gasteiger partial charge in [0.2, 0.25) is 0 Å². The molecule has 0 amide bonds. The third-order valence-corrected chi connectivity index (χ3v) is 6.01. The number of rotatable bonds is 6. The number of nitrogens with zero attached hydrogens (tertiary/aromatic N) is 1. The van der Waals surface area contributed by atoms with Crippen LogP contribution in [0.3, 0.4) is 0 Å². The van der Waals surface area contributed by atoms with Crippen molar-refractivity contribution in [3.63, 3.8) is 0 Å². The molecule has 23 heavy (non-hydrogen) atoms. The Bertz CT molecular complexity index is 604. The van der Waals surface area contributed by atoms with Crippen LogP contribution in [0.4, 0.5) is 0 Å². The van der Waals surface area contributed by atoms with Gasteiger partial charge in [0.25, 0.3) is 10.2 Å². The number of nitrogens with one attached hydrogen (secondary N) is 1. The summed E-state index contributed by atoms with van der Waals surface area (Å²) in [7, 11) is -1.82. The molecule has 1 heterocycles. The van der Waals surface area contributed by atoms with E-state index in [9.17, 15) is 8.42 Å². The molecule has 0 spiro atoms. The van der Waals surface area contributed by atoms with Crippen LogP contribution < -0.4 is 4.72 Å². The van der Waals surface area contributed by atoms with Crippen molar-refractivity contribution < 1.29 is 13.2 Å². The molecule has 1 saturated heterocycles. The molecule has 6 heteroatoms. The quantitative estimate of drug-likeness (QED) is 0.863. The highest BCUT2D eigenvalue weighted by atomic mass is 32.2. The van der Waals surface area contributed by atoms with Crippen molar-refractivity contribution >= 4 is 10.2 Å². The molecule has 2 rings (SSSR count). The smallest absolute Gasteiger partial charge is 0.279 e. The zero-order valence-electron chi connectivity index (χ0n) is 14.5. The van der Waals surface area contributed by atoms with Gasteiger partial charge in [0, 0.05) is 32.3 Å². The standard InChI is InChI=1S/C17H28N2O3S/c1-13-9-14(2)11-16(10-13)12-15(3)18-23(20,21)19(4)17-5-7-22-8-6-17/h9-11,15,17-18H,5-8,12H2,1-4H3/t15-/m1/s1. The Morgan fingerprint density at radius 3 is 2.35 bits per heavy atom. The lowest BCUT2D eigenvalue weighted by atomic mass is 10.0. The Kier molecular flexibility index (Phi) is 6.19. The molecular formula is C17H28N2O3S. The van der Waals surface area contributed by atoms with Crippen LogP contribution in [0.5, 0.6) is 0 Å². The molecule has 130 valence electrons. The molecule has 1 aliphatic heterocycles. The van der Waals surface area contributed by atoms with Gasteiger partial charge in [-0.15, -0.1) is 0 Å². The van der Waals surface area contributed by atoms with Gasteiger partial charge in [-0.25, -0.2) is 0 Å². The van der Waals surface area contributed by atoms with Gasteiger partial charge in [0.15, 0.2) is 0 Å². The topological polar surface area (TPSA) is 58.6 Å². The van der Waals surface area contributed by atoms with E-state index in [0.29, 0.717) is 19.6 Å². The molecule has 1 aliphatic rings. The van der Waals surface area contributed by atoms with Crippen molar-refractivity contribution in [3.8, 4) is 0 Å². The first-order valence-electron chi connectivity index (χ1n) is 8.18. The highest BCUT2D eigenvalue weighted by Gasteiger charge is 2.28. The number of ether oxygens (including phenoxy) is 1. The van der Waals surface area contributed by atoms with Gasteiger partial charge in [-0.2, -0.15) is 17.4 Å². The monoisotopic (exact) mass is 340 g/mol. The maximum atomic E-state index is 12.5. The second-order valence-corrected chi connectivity index (χ2v) is 8.35. The fourth-order valence-electron chi connectivity index (χ4n) is 3.16. The van der Waals surface area contributed by atoms with E-state index in [1.807, 2.05) is 6.92 Å². The molecule has 5 nitrogen and oxygen atoms in total. The number of aryl methyl sites for hydroxylation is 2. The lowest BCUT2D eigenvalue weighted by molar-refractivity contribution is 0.0629. The first-order chi connectivity index (χ1) is 10.8. The minimum absolute atomic E-state index is 0.0228. The second-order valence-electron chi connectivity index (χ2n) is 6.58. The summed E-state index contributed by atoms with van der Waals surface area (Å²) in [6.45, 7) is 7.28. The predicted octanol–water partition coefficient (Wildman–Crippen LogP) is 2.18. The molecule has 0 unspecified atom stereocenters. The minimum atomic E-state index is -3.47. The van der Waals surface area contributed by atoms with Crippen LogP contribution in [0.25, 0.3) is 0 Å². The second kappa shape index (κ2) is 7.75. The van der Waals surface area contributed by atoms with Crippen molar-refractivity contribution in [2.24, 2.45) is 0 Å². The van der Waals surface area contributed by atoms with Gasteiger partial charge in [0.1, 0.15) is 0 Å². The molecule has 1 aromatic carbocycles. The summed E-state index contributed by atoms with van der Waals surface area (Å²) in [5.41, 5.74) is 3.56. The third-order valence-electron chi connectivity index (χ3n) is 4.26. The summed E-state index contributed by atoms with van der Waals surface area (Å²) in [6.07, 6.45) is 2.19. The van der Waals surface area contributed by atoms with Crippen molar-refractivity contribution in [1.29, 1.82) is 0 Å². The van der Waals surface area contributed by atoms with Gasteiger partial charge < -0.3 is 4.74 Å². The van der Waals surface area contributed by atoms with Crippen LogP contribution in [-0.2, 0) is 21.4 Å². The van der Waals surface area contributed by atoms with E-state index in [2.05, 4.69) is 36.8 Å². The molecule has 0 aromatic heterocycles. The largest absolute Gasteiger partial charge is 0.381 e. The Balaban J connectivity index is 1.98. The van der Waals surface area contributed by atoms with Gasteiger partial charge in [-0.05, 0) is 45.6 Å². The summed E-state index contributed by atoms with van der Waals surface area (Å²) >= 11 is 0. The average molecular weight is 340 g/mol. The minimum Gasteiger partial charge on any atom is -0.381 e. The summed E-state index contributed by atoms with van der Waals surface area (Å²) in [6, 6.07) is 6.22. The zero-order valence-corrected chi connectivity index (χ0v) is 15.3. The molecular weight excluding hydrogens is 312 g/mol. The molecule has 0 radical (unpaired) electrons. The normalized spacial score (nSPS) is 18.3. The fraction of sp³-hybridized carbons (Fsp3) is 0.647. The van der Waals surface area contributed by atoms with E-state index in [1.165, 1.54) is 15.4 Å². The maximum absolute atomic E-state index is 12.5. The summed E-state index contributed by atoms with van der Waals surface area (Å²) in [5.74, 6) is 0. The zero-order chi connectivity index (χ0) is 17.0. The molecule has 0 aliphatic carbocycles. The number of hydrogen-bond donors (Lipinski definition) is 1. The predicted molar refractivity (Wildman–Crippen MR) is 92.7 cm³/mol. The number of benzene rings is 1. The van der Waals surface area contributed by atoms with Crippen molar-refractivity contribution in [1.82, 2.24) is 9.03 Å². The maximum Gasteiger partial charge on any atom is 0.279 e. The summed E-state index contributed by atoms with van der Waals surface area (Å²) in [5, 5.41) is 0. The average Bonchev–Trinajstić information content (AvgIpc) is 2.45. The van der Waals surface area contributed by atoms with E-state index in [4.69, 9.17) is 4.74 Å². The molecule has 1 atom stereocenters. The van der Waals surface area contributed by atoms with Crippen LogP contribution in [0.2, 0.25) is 0 Å². The molecule has 1 N–H and O–H groups in total. The first kappa shape index (κ1) is 18.4. The highest BCUT2D eigenvalue weighted by Crippen LogP contribution is 2.16. The first-order valence-corrected chi connectivity index (χ1v) is 9.62. The van der Waals surface area contributed by atoms with Gasteiger partial charge in [0.05, 0.1) is 0 Å². The van der Waals surface area contributed by atoms with Gasteiger partial charge >= 0.3 is 0 Å². The summed E-state index contributed by atoms with van der Waals surface area (Å²) < 4.78 is 34.6. The molecule has 0 bridgehead atoms. The van der Waals surface area contributed by atoms with Crippen LogP contribution in [0, 0.1) is 13.8 Å². The number of hydrogen-bond acceptors (Lipinski definition) is 3. The van der Waals surface area contributed by atoms with Crippen molar-refractivity contribution in [2.75, 3.05) is 20.3 Å². The Morgan fingerprint density at radius 2 is 1.78 bits per heavy atom. The molecule has 0 saturated carbocycles. The Morgan fingerprint density at radius 1 is 1.22 bits per heavy atom. The summed E-state index contributed by atoms with van der Waals surface area (Å²) in [4.78, 5) is 0. The molecule has 1 fully saturated rings. The lowest BCUT2D eigenvalue weighted by Crippen LogP contribution is -2.49. The van der Waals surface area contributed by atoms with Crippen LogP contribution in [0.15, 0.2) is 18.2 Å². The lowest BCUT2D eigenvalue weighted by Gasteiger charge is -2.31. The van der Waals surface area contributed by atoms with E-state index in [0.717, 1.165) is 18.4 Å². The molecule has 1 aromatic rings. The van der Waals surface area contributed by atoms with Gasteiger partial charge in [-0.3, -0.25) is 0 Å². The van der Waals surface area contributed by atoms with Crippen molar-refractivity contribution in [3.05, 3.63) is 34.9 Å². The third kappa shape index (κ3) is 5.28. The van der Waals surface area contributed by atoms with Crippen molar-refractivity contribution in [2.45, 2.75) is 52.1 Å². The van der Waals surface area contributed by atoms with Crippen LogP contribution in [0.1, 0.15) is 36.5 Å². The van der Waals surface area contributed by atoms with Crippen LogP contribution >= 0.6 is 0 Å². The Labute approximate surface area is 140 Å². The Hall–Kier alpha value is -0.950. The van der Waals surface area contributed by atoms with E-state index >= 15 is 0 Å². The highest BCUT2D eigenvalue weighted by molar-refractivity contribution is 7.87. The van der Waals surface area contributed by atoms with Gasteiger partial charge in [-0.1, -0.05) is 29.3 Å². The van der Waals surface area contributed by atoms with E-state index in [1.54, 1.807) is 7.05 Å². The van der Waals surface area contributed by atoms with E-state index in [-0.39, 0.29) is 12.1 Å².